The van der Waals surface area contributed by atoms with E-state index in [1.807, 2.05) is 6.92 Å². The number of carbonyl (C=O) groups excluding carboxylic acids is 1. The van der Waals surface area contributed by atoms with E-state index in [0.717, 1.165) is 38.3 Å². The van der Waals surface area contributed by atoms with Gasteiger partial charge in [0.2, 0.25) is 5.91 Å². The van der Waals surface area contributed by atoms with Crippen molar-refractivity contribution >= 4 is 5.91 Å². The zero-order valence-corrected chi connectivity index (χ0v) is 14.9. The molecule has 5 heteroatoms. The summed E-state index contributed by atoms with van der Waals surface area (Å²) in [5.41, 5.74) is 0.495. The molecule has 3 nitrogen and oxygen atoms in total. The fraction of sp³-hybridized carbons (Fsp3) is 0.650. The molecule has 1 saturated carbocycles. The molecule has 2 aliphatic rings. The van der Waals surface area contributed by atoms with Crippen LogP contribution in [-0.4, -0.2) is 29.9 Å². The van der Waals surface area contributed by atoms with Gasteiger partial charge in [-0.3, -0.25) is 9.69 Å². The highest BCUT2D eigenvalue weighted by molar-refractivity contribution is 5.79. The van der Waals surface area contributed by atoms with Crippen molar-refractivity contribution in [3.05, 3.63) is 35.4 Å². The first-order chi connectivity index (χ1) is 12.0. The average Bonchev–Trinajstić information content (AvgIpc) is 2.62. The van der Waals surface area contributed by atoms with E-state index in [9.17, 15) is 13.6 Å². The molecule has 1 aliphatic carbocycles. The van der Waals surface area contributed by atoms with Crippen LogP contribution >= 0.6 is 0 Å². The van der Waals surface area contributed by atoms with Crippen LogP contribution in [0.25, 0.3) is 0 Å². The second-order valence-electron chi connectivity index (χ2n) is 7.52. The predicted molar refractivity (Wildman–Crippen MR) is 94.1 cm³/mol. The van der Waals surface area contributed by atoms with E-state index in [2.05, 4.69) is 10.2 Å². The molecule has 0 spiro atoms. The fourth-order valence-corrected chi connectivity index (χ4v) is 4.18. The molecule has 1 aromatic rings. The maximum Gasteiger partial charge on any atom is 0.224 e. The fourth-order valence-electron chi connectivity index (χ4n) is 4.18. The topological polar surface area (TPSA) is 32.3 Å². The van der Waals surface area contributed by atoms with Gasteiger partial charge in [0, 0.05) is 30.3 Å². The number of nitrogens with one attached hydrogen (secondary N) is 1. The zero-order chi connectivity index (χ0) is 17.8. The molecule has 0 aromatic heterocycles. The normalized spacial score (nSPS) is 24.0. The second-order valence-corrected chi connectivity index (χ2v) is 7.52. The number of carbonyl (C=O) groups is 1. The van der Waals surface area contributed by atoms with Gasteiger partial charge in [-0.05, 0) is 45.2 Å². The highest BCUT2D eigenvalue weighted by atomic mass is 19.1. The summed E-state index contributed by atoms with van der Waals surface area (Å²) in [5, 5.41) is 3.22. The number of likely N-dealkylation sites (tertiary alicyclic amines) is 1. The Morgan fingerprint density at radius 1 is 1.16 bits per heavy atom. The summed E-state index contributed by atoms with van der Waals surface area (Å²) in [6.07, 6.45) is 7.64. The third-order valence-electron chi connectivity index (χ3n) is 5.74. The van der Waals surface area contributed by atoms with Crippen molar-refractivity contribution in [1.29, 1.82) is 0 Å². The Hall–Kier alpha value is -1.49. The molecule has 0 radical (unpaired) electrons. The first-order valence-electron chi connectivity index (χ1n) is 9.54. The van der Waals surface area contributed by atoms with Crippen molar-refractivity contribution in [2.24, 2.45) is 5.92 Å². The Bertz CT molecular complexity index is 601. The number of hydrogen-bond donors (Lipinski definition) is 1. The molecular weight excluding hydrogens is 322 g/mol. The summed E-state index contributed by atoms with van der Waals surface area (Å²) in [6, 6.07) is 3.91. The lowest BCUT2D eigenvalue weighted by Crippen LogP contribution is -2.47. The maximum atomic E-state index is 14.1. The Morgan fingerprint density at radius 3 is 2.64 bits per heavy atom. The van der Waals surface area contributed by atoms with Gasteiger partial charge < -0.3 is 5.32 Å². The predicted octanol–water partition coefficient (Wildman–Crippen LogP) is 4.19. The number of halogens is 2. The van der Waals surface area contributed by atoms with Crippen LogP contribution in [0, 0.1) is 17.6 Å². The van der Waals surface area contributed by atoms with Crippen LogP contribution < -0.4 is 5.32 Å². The number of benzene rings is 1. The van der Waals surface area contributed by atoms with Crippen LogP contribution in [0.15, 0.2) is 18.2 Å². The number of hydrogen-bond acceptors (Lipinski definition) is 2. The molecule has 3 rings (SSSR count). The lowest BCUT2D eigenvalue weighted by Gasteiger charge is -2.37. The summed E-state index contributed by atoms with van der Waals surface area (Å²) in [7, 11) is 0. The molecule has 138 valence electrons. The summed E-state index contributed by atoms with van der Waals surface area (Å²) >= 11 is 0. The minimum atomic E-state index is -0.558. The van der Waals surface area contributed by atoms with Gasteiger partial charge in [0.1, 0.15) is 11.6 Å². The average molecular weight is 350 g/mol. The van der Waals surface area contributed by atoms with Gasteiger partial charge >= 0.3 is 0 Å². The molecule has 1 aromatic carbocycles. The van der Waals surface area contributed by atoms with Crippen LogP contribution in [0.2, 0.25) is 0 Å². The van der Waals surface area contributed by atoms with E-state index >= 15 is 0 Å². The van der Waals surface area contributed by atoms with Crippen LogP contribution in [0.5, 0.6) is 0 Å². The lowest BCUT2D eigenvalue weighted by molar-refractivity contribution is -0.128. The summed E-state index contributed by atoms with van der Waals surface area (Å²) in [4.78, 5) is 14.8. The third-order valence-corrected chi connectivity index (χ3v) is 5.74. The molecule has 2 fully saturated rings. The molecule has 2 unspecified atom stereocenters. The zero-order valence-electron chi connectivity index (χ0n) is 14.9. The molecule has 1 heterocycles. The Labute approximate surface area is 148 Å². The van der Waals surface area contributed by atoms with Crippen molar-refractivity contribution in [2.75, 3.05) is 13.1 Å². The Balaban J connectivity index is 1.60. The lowest BCUT2D eigenvalue weighted by atomic mass is 9.92. The van der Waals surface area contributed by atoms with Gasteiger partial charge in [-0.15, -0.1) is 0 Å². The smallest absolute Gasteiger partial charge is 0.224 e. The Morgan fingerprint density at radius 2 is 1.92 bits per heavy atom. The summed E-state index contributed by atoms with van der Waals surface area (Å²) < 4.78 is 27.2. The molecule has 1 amide bonds. The molecular formula is C20H28F2N2O. The first kappa shape index (κ1) is 18.3. The quantitative estimate of drug-likeness (QED) is 0.883. The van der Waals surface area contributed by atoms with Gasteiger partial charge in [-0.1, -0.05) is 25.3 Å². The number of rotatable bonds is 4. The minimum absolute atomic E-state index is 0.0402. The Kier molecular flexibility index (Phi) is 6.05. The van der Waals surface area contributed by atoms with E-state index in [1.165, 1.54) is 31.4 Å². The third kappa shape index (κ3) is 4.57. The highest BCUT2D eigenvalue weighted by Gasteiger charge is 2.30. The summed E-state index contributed by atoms with van der Waals surface area (Å²) in [5.74, 6) is -0.969. The van der Waals surface area contributed by atoms with E-state index in [1.54, 1.807) is 0 Å². The summed E-state index contributed by atoms with van der Waals surface area (Å²) in [6.45, 7) is 3.40. The van der Waals surface area contributed by atoms with Gasteiger partial charge in [-0.2, -0.15) is 0 Å². The molecule has 25 heavy (non-hydrogen) atoms. The molecule has 1 saturated heterocycles. The van der Waals surface area contributed by atoms with Crippen LogP contribution in [0.3, 0.4) is 0 Å². The van der Waals surface area contributed by atoms with Crippen LogP contribution in [-0.2, 0) is 4.79 Å². The first-order valence-corrected chi connectivity index (χ1v) is 9.54. The van der Waals surface area contributed by atoms with Gasteiger partial charge in [0.05, 0.1) is 5.92 Å². The molecule has 2 atom stereocenters. The van der Waals surface area contributed by atoms with Crippen molar-refractivity contribution in [3.8, 4) is 0 Å². The van der Waals surface area contributed by atoms with Gasteiger partial charge in [-0.25, -0.2) is 8.78 Å². The van der Waals surface area contributed by atoms with Crippen LogP contribution in [0.1, 0.15) is 63.5 Å². The van der Waals surface area contributed by atoms with Crippen molar-refractivity contribution in [3.63, 3.8) is 0 Å². The van der Waals surface area contributed by atoms with E-state index in [0.29, 0.717) is 18.2 Å². The second kappa shape index (κ2) is 8.26. The van der Waals surface area contributed by atoms with Crippen LogP contribution in [0.4, 0.5) is 8.78 Å². The largest absolute Gasteiger partial charge is 0.353 e. The monoisotopic (exact) mass is 350 g/mol. The minimum Gasteiger partial charge on any atom is -0.353 e. The SMILES string of the molecule is CC(c1ccc(F)cc1F)N1CCCC(C(=O)NC2CCCCC2)C1. The van der Waals surface area contributed by atoms with Crippen molar-refractivity contribution in [2.45, 2.75) is 64.0 Å². The highest BCUT2D eigenvalue weighted by Crippen LogP contribution is 2.29. The number of piperidine rings is 1. The van der Waals surface area contributed by atoms with Gasteiger partial charge in [0.15, 0.2) is 0 Å². The molecule has 1 N–H and O–H groups in total. The molecule has 1 aliphatic heterocycles. The molecule has 0 bridgehead atoms. The maximum absolute atomic E-state index is 14.1. The number of nitrogens with zero attached hydrogens (tertiary/aromatic N) is 1. The van der Waals surface area contributed by atoms with Crippen molar-refractivity contribution < 1.29 is 13.6 Å². The number of amides is 1. The van der Waals surface area contributed by atoms with E-state index < -0.39 is 11.6 Å². The van der Waals surface area contributed by atoms with Gasteiger partial charge in [0.25, 0.3) is 0 Å². The van der Waals surface area contributed by atoms with E-state index in [-0.39, 0.29) is 17.9 Å². The standard InChI is InChI=1S/C20H28F2N2O/c1-14(18-10-9-16(21)12-19(18)22)24-11-5-6-15(13-24)20(25)23-17-7-3-2-4-8-17/h9-10,12,14-15,17H,2-8,11,13H2,1H3,(H,23,25). The van der Waals surface area contributed by atoms with Crippen molar-refractivity contribution in [1.82, 2.24) is 10.2 Å². The van der Waals surface area contributed by atoms with E-state index in [4.69, 9.17) is 0 Å².